The van der Waals surface area contributed by atoms with E-state index in [0.717, 1.165) is 60.9 Å². The number of carbonyl (C=O) groups is 6. The summed E-state index contributed by atoms with van der Waals surface area (Å²) < 4.78 is 51.3. The minimum atomic E-state index is -3.60. The first kappa shape index (κ1) is 43.0. The zero-order valence-corrected chi connectivity index (χ0v) is 35.6. The van der Waals surface area contributed by atoms with Gasteiger partial charge in [0.05, 0.1) is 42.4 Å². The first-order valence-electron chi connectivity index (χ1n) is 21.8. The van der Waals surface area contributed by atoms with Crippen LogP contribution in [0, 0.1) is 11.7 Å². The summed E-state index contributed by atoms with van der Waals surface area (Å²) in [6, 6.07) is 6.16. The van der Waals surface area contributed by atoms with Gasteiger partial charge in [-0.3, -0.25) is 43.9 Å². The molecular weight excluding hydrogens is 838 g/mol. The minimum Gasteiger partial charge on any atom is -0.495 e. The topological polar surface area (TPSA) is 181 Å². The Morgan fingerprint density at radius 1 is 0.906 bits per heavy atom. The van der Waals surface area contributed by atoms with Gasteiger partial charge in [-0.1, -0.05) is 12.8 Å². The van der Waals surface area contributed by atoms with Gasteiger partial charge in [-0.05, 0) is 68.4 Å². The van der Waals surface area contributed by atoms with E-state index < -0.39 is 53.9 Å². The number of piperidine rings is 2. The number of nitrogens with one attached hydrogen (secondary N) is 2. The molecule has 64 heavy (non-hydrogen) atoms. The van der Waals surface area contributed by atoms with Crippen LogP contribution < -0.4 is 30.1 Å². The highest BCUT2D eigenvalue weighted by atomic mass is 19.3. The first-order valence-corrected chi connectivity index (χ1v) is 21.8. The zero-order valence-electron chi connectivity index (χ0n) is 35.6. The largest absolute Gasteiger partial charge is 0.495 e. The molecule has 17 nitrogen and oxygen atoms in total. The fourth-order valence-corrected chi connectivity index (χ4v) is 9.91. The van der Waals surface area contributed by atoms with Crippen LogP contribution >= 0.6 is 0 Å². The summed E-state index contributed by atoms with van der Waals surface area (Å²) in [4.78, 5) is 95.2. The number of aromatic nitrogens is 2. The van der Waals surface area contributed by atoms with Crippen molar-refractivity contribution in [1.29, 1.82) is 0 Å². The van der Waals surface area contributed by atoms with Gasteiger partial charge in [0.2, 0.25) is 17.8 Å². The molecule has 6 heterocycles. The third kappa shape index (κ3) is 7.96. The lowest BCUT2D eigenvalue weighted by atomic mass is 9.95. The second-order valence-electron chi connectivity index (χ2n) is 17.4. The SMILES string of the molecule is COc1cc(C(=O)N2CCC(CN3CCN(c4cc5c(cc4F)C(=O)N(C4CCC(=O)NC4=O)C5=O)CC3)CC2)ccc1Nc1ncc2c(n1)N(C1CCCC1)CC(F)(F)C(=O)N2C. The van der Waals surface area contributed by atoms with E-state index in [0.29, 0.717) is 62.2 Å². The van der Waals surface area contributed by atoms with Crippen LogP contribution in [0.2, 0.25) is 0 Å². The summed E-state index contributed by atoms with van der Waals surface area (Å²) in [6.07, 6.45) is 6.20. The summed E-state index contributed by atoms with van der Waals surface area (Å²) in [5.41, 5.74) is 1.25. The molecule has 2 N–H and O–H groups in total. The van der Waals surface area contributed by atoms with Gasteiger partial charge in [0.15, 0.2) is 5.82 Å². The Hall–Kier alpha value is -6.31. The van der Waals surface area contributed by atoms with E-state index in [2.05, 4.69) is 25.5 Å². The fraction of sp³-hybridized carbons (Fsp3) is 0.500. The van der Waals surface area contributed by atoms with Crippen LogP contribution in [-0.4, -0.2) is 145 Å². The maximum atomic E-state index is 15.5. The fourth-order valence-electron chi connectivity index (χ4n) is 9.91. The molecule has 1 aromatic heterocycles. The molecule has 0 bridgehead atoms. The molecule has 3 saturated heterocycles. The standard InChI is InChI=1S/C44H49F3N10O7/c1-52-34-22-48-43(51-37(34)56(27-5-3-4-6-27)24-44(46,47)42(52)63)49-31-8-7-26(19-35(31)64-2)39(60)55-13-11-25(12-14-55)23-53-15-17-54(18-16-53)33-21-29-28(20-30(33)45)40(61)57(41(29)62)32-9-10-36(58)50-38(32)59/h7-8,19-22,25,27,32H,3-6,9-18,23-24H2,1-2H3,(H,48,49,51)(H,50,58,59). The molecular formula is C44H49F3N10O7. The van der Waals surface area contributed by atoms with Gasteiger partial charge in [-0.2, -0.15) is 13.8 Å². The molecule has 338 valence electrons. The van der Waals surface area contributed by atoms with Gasteiger partial charge in [0, 0.05) is 70.9 Å². The first-order chi connectivity index (χ1) is 30.7. The van der Waals surface area contributed by atoms with Crippen LogP contribution in [0.1, 0.15) is 82.4 Å². The molecule has 20 heteroatoms. The van der Waals surface area contributed by atoms with Crippen molar-refractivity contribution in [2.24, 2.45) is 5.92 Å². The van der Waals surface area contributed by atoms with E-state index in [1.807, 2.05) is 9.80 Å². The molecule has 0 spiro atoms. The molecule has 1 saturated carbocycles. The number of fused-ring (bicyclic) bond motifs is 2. The number of alkyl halides is 2. The van der Waals surface area contributed by atoms with E-state index in [1.165, 1.54) is 31.3 Å². The Balaban J connectivity index is 0.787. The lowest BCUT2D eigenvalue weighted by Crippen LogP contribution is -2.54. The van der Waals surface area contributed by atoms with Crippen LogP contribution in [0.15, 0.2) is 36.5 Å². The summed E-state index contributed by atoms with van der Waals surface area (Å²) >= 11 is 0. The number of imide groups is 2. The maximum Gasteiger partial charge on any atom is 0.342 e. The molecule has 6 amide bonds. The van der Waals surface area contributed by atoms with Crippen molar-refractivity contribution >= 4 is 64.3 Å². The van der Waals surface area contributed by atoms with E-state index in [4.69, 9.17) is 4.74 Å². The van der Waals surface area contributed by atoms with Crippen molar-refractivity contribution < 1.29 is 46.7 Å². The normalized spacial score (nSPS) is 22.2. The maximum absolute atomic E-state index is 15.5. The number of rotatable bonds is 9. The summed E-state index contributed by atoms with van der Waals surface area (Å²) in [7, 11) is 2.78. The molecule has 1 aliphatic carbocycles. The van der Waals surface area contributed by atoms with Crippen molar-refractivity contribution in [2.45, 2.75) is 69.4 Å². The number of likely N-dealkylation sites (tertiary alicyclic amines) is 1. The summed E-state index contributed by atoms with van der Waals surface area (Å²) in [5.74, 6) is -7.24. The van der Waals surface area contributed by atoms with Crippen molar-refractivity contribution in [3.05, 3.63) is 59.0 Å². The molecule has 1 unspecified atom stereocenters. The predicted molar refractivity (Wildman–Crippen MR) is 227 cm³/mol. The van der Waals surface area contributed by atoms with Crippen molar-refractivity contribution in [3.63, 3.8) is 0 Å². The number of hydrogen-bond donors (Lipinski definition) is 2. The quantitative estimate of drug-likeness (QED) is 0.297. The van der Waals surface area contributed by atoms with E-state index >= 15 is 13.2 Å². The van der Waals surface area contributed by atoms with Gasteiger partial charge < -0.3 is 29.7 Å². The van der Waals surface area contributed by atoms with Gasteiger partial charge >= 0.3 is 5.92 Å². The van der Waals surface area contributed by atoms with Gasteiger partial charge in [-0.25, -0.2) is 9.37 Å². The number of ether oxygens (including phenoxy) is 1. The van der Waals surface area contributed by atoms with Crippen LogP contribution in [0.5, 0.6) is 5.75 Å². The number of anilines is 5. The summed E-state index contributed by atoms with van der Waals surface area (Å²) in [6.45, 7) is 3.44. The second kappa shape index (κ2) is 17.0. The molecule has 3 aromatic rings. The van der Waals surface area contributed by atoms with Crippen LogP contribution in [-0.2, 0) is 14.4 Å². The molecule has 1 atom stereocenters. The highest BCUT2D eigenvalue weighted by Crippen LogP contribution is 2.40. The Morgan fingerprint density at radius 3 is 2.30 bits per heavy atom. The number of halogens is 3. The zero-order chi connectivity index (χ0) is 45.0. The van der Waals surface area contributed by atoms with Crippen molar-refractivity contribution in [1.82, 2.24) is 30.0 Å². The smallest absolute Gasteiger partial charge is 0.342 e. The molecule has 2 aromatic carbocycles. The third-order valence-electron chi connectivity index (χ3n) is 13.5. The van der Waals surface area contributed by atoms with Gasteiger partial charge in [0.1, 0.15) is 23.3 Å². The molecule has 9 rings (SSSR count). The number of carbonyl (C=O) groups excluding carboxylic acids is 6. The Bertz CT molecular complexity index is 2420. The van der Waals surface area contributed by atoms with Gasteiger partial charge in [-0.15, -0.1) is 0 Å². The van der Waals surface area contributed by atoms with Crippen LogP contribution in [0.3, 0.4) is 0 Å². The monoisotopic (exact) mass is 886 g/mol. The van der Waals surface area contributed by atoms with Crippen LogP contribution in [0.25, 0.3) is 0 Å². The Kier molecular flexibility index (Phi) is 11.4. The number of nitrogens with zero attached hydrogens (tertiary/aromatic N) is 8. The lowest BCUT2D eigenvalue weighted by Gasteiger charge is -2.39. The average Bonchev–Trinajstić information content (AvgIpc) is 3.89. The molecule has 6 aliphatic rings. The molecule has 0 radical (unpaired) electrons. The highest BCUT2D eigenvalue weighted by Gasteiger charge is 2.49. The number of hydrogen-bond acceptors (Lipinski definition) is 13. The third-order valence-corrected chi connectivity index (χ3v) is 13.5. The molecule has 4 fully saturated rings. The van der Waals surface area contributed by atoms with Crippen LogP contribution in [0.4, 0.5) is 42.0 Å². The highest BCUT2D eigenvalue weighted by molar-refractivity contribution is 6.23. The Morgan fingerprint density at radius 2 is 1.61 bits per heavy atom. The summed E-state index contributed by atoms with van der Waals surface area (Å²) in [5, 5.41) is 5.29. The van der Waals surface area contributed by atoms with Gasteiger partial charge in [0.25, 0.3) is 23.6 Å². The van der Waals surface area contributed by atoms with E-state index in [1.54, 1.807) is 18.2 Å². The number of methoxy groups -OCH3 is 1. The number of piperazine rings is 1. The van der Waals surface area contributed by atoms with Crippen molar-refractivity contribution in [3.8, 4) is 5.75 Å². The average molecular weight is 887 g/mol. The minimum absolute atomic E-state index is 0.00758. The number of benzene rings is 2. The number of amides is 6. The lowest BCUT2D eigenvalue weighted by molar-refractivity contribution is -0.140. The van der Waals surface area contributed by atoms with Crippen molar-refractivity contribution in [2.75, 3.05) is 86.5 Å². The predicted octanol–water partition coefficient (Wildman–Crippen LogP) is 3.80. The second-order valence-corrected chi connectivity index (χ2v) is 17.4. The van der Waals surface area contributed by atoms with E-state index in [-0.39, 0.29) is 59.1 Å². The molecule has 5 aliphatic heterocycles. The van der Waals surface area contributed by atoms with E-state index in [9.17, 15) is 28.8 Å². The Labute approximate surface area is 366 Å².